The summed E-state index contributed by atoms with van der Waals surface area (Å²) in [6.07, 6.45) is 0. The van der Waals surface area contributed by atoms with Crippen molar-refractivity contribution in [3.05, 3.63) is 48.0 Å². The van der Waals surface area contributed by atoms with Gasteiger partial charge >= 0.3 is 0 Å². The molecule has 0 radical (unpaired) electrons. The van der Waals surface area contributed by atoms with Crippen LogP contribution in [0.2, 0.25) is 0 Å². The lowest BCUT2D eigenvalue weighted by Crippen LogP contribution is -2.19. The Bertz CT molecular complexity index is 466. The molecule has 0 aliphatic carbocycles. The second kappa shape index (κ2) is 3.97. The standard InChI is InChI=1S/C14H15Br/c1-14(2,10-15)13-9-5-7-11-6-3-4-8-12(11)13/h3-9H,10H2,1-2H3. The molecule has 1 heteroatoms. The summed E-state index contributed by atoms with van der Waals surface area (Å²) in [5.41, 5.74) is 1.60. The molecular weight excluding hydrogens is 248 g/mol. The number of halogens is 1. The molecule has 0 fully saturated rings. The molecule has 2 aromatic rings. The predicted octanol–water partition coefficient (Wildman–Crippen LogP) is 4.51. The molecule has 0 N–H and O–H groups in total. The van der Waals surface area contributed by atoms with Crippen LogP contribution in [-0.4, -0.2) is 5.33 Å². The highest BCUT2D eigenvalue weighted by atomic mass is 79.9. The van der Waals surface area contributed by atoms with Crippen molar-refractivity contribution in [1.29, 1.82) is 0 Å². The minimum Gasteiger partial charge on any atom is -0.0919 e. The van der Waals surface area contributed by atoms with Crippen LogP contribution in [0.15, 0.2) is 42.5 Å². The smallest absolute Gasteiger partial charge is 0.0123 e. The van der Waals surface area contributed by atoms with Crippen molar-refractivity contribution < 1.29 is 0 Å². The summed E-state index contributed by atoms with van der Waals surface area (Å²) >= 11 is 3.59. The summed E-state index contributed by atoms with van der Waals surface area (Å²) in [6, 6.07) is 15.1. The Balaban J connectivity index is 2.71. The number of alkyl halides is 1. The molecule has 0 atom stereocenters. The number of rotatable bonds is 2. The van der Waals surface area contributed by atoms with Gasteiger partial charge in [0.25, 0.3) is 0 Å². The first-order valence-electron chi connectivity index (χ1n) is 5.19. The number of fused-ring (bicyclic) bond motifs is 1. The first kappa shape index (κ1) is 10.7. The molecule has 2 aromatic carbocycles. The highest BCUT2D eigenvalue weighted by Gasteiger charge is 2.20. The fraction of sp³-hybridized carbons (Fsp3) is 0.286. The Morgan fingerprint density at radius 1 is 1.00 bits per heavy atom. The van der Waals surface area contributed by atoms with Gasteiger partial charge in [-0.1, -0.05) is 72.2 Å². The van der Waals surface area contributed by atoms with Gasteiger partial charge in [-0.3, -0.25) is 0 Å². The molecule has 0 saturated heterocycles. The van der Waals surface area contributed by atoms with Crippen molar-refractivity contribution >= 4 is 26.7 Å². The molecule has 0 unspecified atom stereocenters. The molecule has 0 aromatic heterocycles. The van der Waals surface area contributed by atoms with E-state index in [1.54, 1.807) is 0 Å². The van der Waals surface area contributed by atoms with Gasteiger partial charge in [-0.05, 0) is 21.8 Å². The Morgan fingerprint density at radius 3 is 2.40 bits per heavy atom. The van der Waals surface area contributed by atoms with Gasteiger partial charge in [0, 0.05) is 5.33 Å². The van der Waals surface area contributed by atoms with Crippen LogP contribution in [0.4, 0.5) is 0 Å². The third kappa shape index (κ3) is 1.93. The van der Waals surface area contributed by atoms with Crippen LogP contribution in [-0.2, 0) is 5.41 Å². The molecule has 0 saturated carbocycles. The SMILES string of the molecule is CC(C)(CBr)c1cccc2ccccc12. The molecule has 0 amide bonds. The molecule has 0 aliphatic heterocycles. The first-order valence-corrected chi connectivity index (χ1v) is 6.31. The van der Waals surface area contributed by atoms with Crippen LogP contribution >= 0.6 is 15.9 Å². The molecule has 15 heavy (non-hydrogen) atoms. The third-order valence-electron chi connectivity index (χ3n) is 2.85. The van der Waals surface area contributed by atoms with E-state index in [0.717, 1.165) is 5.33 Å². The summed E-state index contributed by atoms with van der Waals surface area (Å²) in [6.45, 7) is 4.53. The maximum atomic E-state index is 3.59. The van der Waals surface area contributed by atoms with Crippen molar-refractivity contribution in [2.45, 2.75) is 19.3 Å². The zero-order valence-electron chi connectivity index (χ0n) is 9.13. The Labute approximate surface area is 99.4 Å². The molecular formula is C14H15Br. The van der Waals surface area contributed by atoms with Gasteiger partial charge in [0.05, 0.1) is 0 Å². The molecule has 0 bridgehead atoms. The molecule has 0 nitrogen and oxygen atoms in total. The van der Waals surface area contributed by atoms with Crippen molar-refractivity contribution in [1.82, 2.24) is 0 Å². The van der Waals surface area contributed by atoms with Crippen LogP contribution < -0.4 is 0 Å². The van der Waals surface area contributed by atoms with Gasteiger partial charge in [-0.25, -0.2) is 0 Å². The summed E-state index contributed by atoms with van der Waals surface area (Å²) in [5.74, 6) is 0. The van der Waals surface area contributed by atoms with Crippen LogP contribution in [0, 0.1) is 0 Å². The van der Waals surface area contributed by atoms with E-state index in [4.69, 9.17) is 0 Å². The average molecular weight is 263 g/mol. The third-order valence-corrected chi connectivity index (χ3v) is 4.25. The van der Waals surface area contributed by atoms with Gasteiger partial charge in [-0.2, -0.15) is 0 Å². The second-order valence-electron chi connectivity index (χ2n) is 4.54. The van der Waals surface area contributed by atoms with E-state index in [1.165, 1.54) is 16.3 Å². The molecule has 0 heterocycles. The van der Waals surface area contributed by atoms with Crippen molar-refractivity contribution in [3.8, 4) is 0 Å². The highest BCUT2D eigenvalue weighted by Crippen LogP contribution is 2.31. The highest BCUT2D eigenvalue weighted by molar-refractivity contribution is 9.09. The summed E-state index contributed by atoms with van der Waals surface area (Å²) in [4.78, 5) is 0. The van der Waals surface area contributed by atoms with Crippen molar-refractivity contribution in [2.75, 3.05) is 5.33 Å². The number of benzene rings is 2. The van der Waals surface area contributed by atoms with E-state index in [1.807, 2.05) is 0 Å². The Hall–Kier alpha value is -0.820. The summed E-state index contributed by atoms with van der Waals surface area (Å²) in [5, 5.41) is 3.67. The minimum atomic E-state index is 0.181. The van der Waals surface area contributed by atoms with Crippen molar-refractivity contribution in [2.24, 2.45) is 0 Å². The maximum Gasteiger partial charge on any atom is 0.0123 e. The summed E-state index contributed by atoms with van der Waals surface area (Å²) in [7, 11) is 0. The summed E-state index contributed by atoms with van der Waals surface area (Å²) < 4.78 is 0. The molecule has 0 spiro atoms. The van der Waals surface area contributed by atoms with Gasteiger partial charge in [0.2, 0.25) is 0 Å². The topological polar surface area (TPSA) is 0 Å². The lowest BCUT2D eigenvalue weighted by molar-refractivity contribution is 0.612. The van der Waals surface area contributed by atoms with Crippen LogP contribution in [0.1, 0.15) is 19.4 Å². The van der Waals surface area contributed by atoms with Crippen LogP contribution in [0.5, 0.6) is 0 Å². The van der Waals surface area contributed by atoms with Crippen LogP contribution in [0.25, 0.3) is 10.8 Å². The quantitative estimate of drug-likeness (QED) is 0.699. The molecule has 2 rings (SSSR count). The largest absolute Gasteiger partial charge is 0.0919 e. The molecule has 0 aliphatic rings. The average Bonchev–Trinajstić information content (AvgIpc) is 2.28. The van der Waals surface area contributed by atoms with E-state index in [-0.39, 0.29) is 5.41 Å². The van der Waals surface area contributed by atoms with Crippen LogP contribution in [0.3, 0.4) is 0 Å². The van der Waals surface area contributed by atoms with Crippen molar-refractivity contribution in [3.63, 3.8) is 0 Å². The van der Waals surface area contributed by atoms with Gasteiger partial charge in [0.1, 0.15) is 0 Å². The first-order chi connectivity index (χ1) is 7.15. The molecule has 78 valence electrons. The van der Waals surface area contributed by atoms with Gasteiger partial charge < -0.3 is 0 Å². The van der Waals surface area contributed by atoms with E-state index in [2.05, 4.69) is 72.2 Å². The zero-order valence-corrected chi connectivity index (χ0v) is 10.7. The normalized spacial score (nSPS) is 11.9. The maximum absolute atomic E-state index is 3.59. The monoisotopic (exact) mass is 262 g/mol. The lowest BCUT2D eigenvalue weighted by Gasteiger charge is -2.24. The van der Waals surface area contributed by atoms with E-state index in [9.17, 15) is 0 Å². The zero-order chi connectivity index (χ0) is 10.9. The van der Waals surface area contributed by atoms with E-state index in [0.29, 0.717) is 0 Å². The van der Waals surface area contributed by atoms with E-state index < -0.39 is 0 Å². The fourth-order valence-electron chi connectivity index (χ4n) is 1.89. The lowest BCUT2D eigenvalue weighted by atomic mass is 9.84. The van der Waals surface area contributed by atoms with Gasteiger partial charge in [0.15, 0.2) is 0 Å². The Morgan fingerprint density at radius 2 is 1.67 bits per heavy atom. The number of hydrogen-bond acceptors (Lipinski definition) is 0. The predicted molar refractivity (Wildman–Crippen MR) is 70.8 cm³/mol. The minimum absolute atomic E-state index is 0.181. The number of hydrogen-bond donors (Lipinski definition) is 0. The van der Waals surface area contributed by atoms with Gasteiger partial charge in [-0.15, -0.1) is 0 Å². The fourth-order valence-corrected chi connectivity index (χ4v) is 2.19. The Kier molecular flexibility index (Phi) is 2.83. The van der Waals surface area contributed by atoms with E-state index >= 15 is 0 Å². The second-order valence-corrected chi connectivity index (χ2v) is 5.10.